The smallest absolute Gasteiger partial charge is 0.276 e. The molecule has 2 N–H and O–H groups in total. The van der Waals surface area contributed by atoms with E-state index in [-0.39, 0.29) is 5.92 Å². The quantitative estimate of drug-likeness (QED) is 0.707. The highest BCUT2D eigenvalue weighted by atomic mass is 16.7. The molecule has 1 heterocycles. The second-order valence-electron chi connectivity index (χ2n) is 7.44. The van der Waals surface area contributed by atoms with Crippen LogP contribution in [0.15, 0.2) is 54.6 Å². The number of hydrogen-bond donors (Lipinski definition) is 2. The van der Waals surface area contributed by atoms with Crippen molar-refractivity contribution in [1.82, 2.24) is 0 Å². The van der Waals surface area contributed by atoms with E-state index in [1.807, 2.05) is 44.2 Å². The van der Waals surface area contributed by atoms with Crippen molar-refractivity contribution in [1.29, 1.82) is 0 Å². The molecule has 5 rings (SSSR count). The fourth-order valence-electron chi connectivity index (χ4n) is 4.13. The van der Waals surface area contributed by atoms with Crippen LogP contribution < -0.4 is 4.74 Å². The number of ether oxygens (including phenoxy) is 1. The lowest BCUT2D eigenvalue weighted by molar-refractivity contribution is -0.224. The Morgan fingerprint density at radius 1 is 0.923 bits per heavy atom. The topological polar surface area (TPSA) is 66.8 Å². The number of hydrogen-bond acceptors (Lipinski definition) is 4. The van der Waals surface area contributed by atoms with E-state index in [0.29, 0.717) is 22.4 Å². The average molecular weight is 346 g/mol. The van der Waals surface area contributed by atoms with Crippen molar-refractivity contribution in [3.05, 3.63) is 76.9 Å². The van der Waals surface area contributed by atoms with Crippen molar-refractivity contribution >= 4 is 16.6 Å². The molecule has 3 aromatic carbocycles. The van der Waals surface area contributed by atoms with Gasteiger partial charge < -0.3 is 14.9 Å². The van der Waals surface area contributed by atoms with Gasteiger partial charge in [-0.05, 0) is 40.5 Å². The number of aliphatic hydroxyl groups is 2. The average Bonchev–Trinajstić information content (AvgIpc) is 2.96. The van der Waals surface area contributed by atoms with Gasteiger partial charge in [0.05, 0.1) is 0 Å². The highest BCUT2D eigenvalue weighted by Gasteiger charge is 2.70. The second-order valence-corrected chi connectivity index (χ2v) is 7.44. The Kier molecular flexibility index (Phi) is 2.83. The summed E-state index contributed by atoms with van der Waals surface area (Å²) < 4.78 is 5.84. The molecule has 1 aliphatic carbocycles. The summed E-state index contributed by atoms with van der Waals surface area (Å²) in [6.07, 6.45) is 0. The van der Waals surface area contributed by atoms with E-state index in [0.717, 1.165) is 16.3 Å². The van der Waals surface area contributed by atoms with Crippen molar-refractivity contribution < 1.29 is 19.7 Å². The summed E-state index contributed by atoms with van der Waals surface area (Å²) in [7, 11) is 0. The lowest BCUT2D eigenvalue weighted by Crippen LogP contribution is -2.48. The summed E-state index contributed by atoms with van der Waals surface area (Å²) in [5.74, 6) is -2.02. The molecule has 1 unspecified atom stereocenters. The molecule has 4 heteroatoms. The molecule has 4 nitrogen and oxygen atoms in total. The minimum absolute atomic E-state index is 0.264. The van der Waals surface area contributed by atoms with Crippen molar-refractivity contribution in [3.8, 4) is 5.75 Å². The largest absolute Gasteiger partial charge is 0.454 e. The monoisotopic (exact) mass is 346 g/mol. The molecule has 0 fully saturated rings. The molecule has 0 bridgehead atoms. The number of carbonyl (C=O) groups is 1. The Labute approximate surface area is 150 Å². The normalized spacial score (nSPS) is 26.0. The Balaban J connectivity index is 1.77. The van der Waals surface area contributed by atoms with Crippen LogP contribution in [0.4, 0.5) is 0 Å². The zero-order valence-electron chi connectivity index (χ0n) is 14.5. The van der Waals surface area contributed by atoms with E-state index in [4.69, 9.17) is 4.74 Å². The molecular weight excluding hydrogens is 328 g/mol. The lowest BCUT2D eigenvalue weighted by Gasteiger charge is -2.28. The first kappa shape index (κ1) is 15.6. The van der Waals surface area contributed by atoms with Crippen molar-refractivity contribution in [3.63, 3.8) is 0 Å². The second kappa shape index (κ2) is 4.72. The standard InChI is InChI=1S/C22H18O4/c1-12(2)13-7-8-17-19(11-13)26-22(25)18-10-15-6-4-3-5-14(15)9-16(18)20(23)21(17,22)24/h3-12,24-25H,1-2H3/t21?,22-/m0/s1. The van der Waals surface area contributed by atoms with E-state index in [2.05, 4.69) is 0 Å². The molecule has 0 saturated carbocycles. The van der Waals surface area contributed by atoms with Crippen LogP contribution in [-0.2, 0) is 11.4 Å². The number of rotatable bonds is 1. The molecule has 0 aromatic heterocycles. The Morgan fingerprint density at radius 3 is 2.31 bits per heavy atom. The SMILES string of the molecule is CC(C)c1ccc2c(c1)O[C@@]1(O)c3cc4ccccc4cc3C(=O)C21O. The number of benzene rings is 3. The maximum Gasteiger partial charge on any atom is 0.276 e. The summed E-state index contributed by atoms with van der Waals surface area (Å²) in [6.45, 7) is 4.10. The van der Waals surface area contributed by atoms with E-state index in [1.54, 1.807) is 24.3 Å². The van der Waals surface area contributed by atoms with E-state index < -0.39 is 17.2 Å². The fraction of sp³-hybridized carbons (Fsp3) is 0.227. The first-order valence-corrected chi connectivity index (χ1v) is 8.72. The molecule has 2 aliphatic rings. The third-order valence-corrected chi connectivity index (χ3v) is 5.63. The fourth-order valence-corrected chi connectivity index (χ4v) is 4.13. The van der Waals surface area contributed by atoms with Gasteiger partial charge in [0, 0.05) is 16.7 Å². The zero-order chi connectivity index (χ0) is 18.3. The van der Waals surface area contributed by atoms with Gasteiger partial charge in [-0.3, -0.25) is 4.79 Å². The summed E-state index contributed by atoms with van der Waals surface area (Å²) in [5, 5.41) is 24.4. The summed E-state index contributed by atoms with van der Waals surface area (Å²) in [6, 6.07) is 16.4. The Morgan fingerprint density at radius 2 is 1.62 bits per heavy atom. The summed E-state index contributed by atoms with van der Waals surface area (Å²) in [4.78, 5) is 13.1. The van der Waals surface area contributed by atoms with Gasteiger partial charge in [0.25, 0.3) is 5.79 Å². The molecule has 130 valence electrons. The molecule has 0 spiro atoms. The number of ketones is 1. The maximum atomic E-state index is 13.1. The number of fused-ring (bicyclic) bond motifs is 6. The van der Waals surface area contributed by atoms with Crippen molar-refractivity contribution in [2.45, 2.75) is 31.2 Å². The summed E-state index contributed by atoms with van der Waals surface area (Å²) >= 11 is 0. The van der Waals surface area contributed by atoms with Crippen LogP contribution in [0.25, 0.3) is 10.8 Å². The molecule has 3 aromatic rings. The minimum Gasteiger partial charge on any atom is -0.454 e. The predicted octanol–water partition coefficient (Wildman–Crippen LogP) is 3.58. The number of Topliss-reactive ketones (excluding diaryl/α,β-unsaturated/α-hetero) is 1. The third-order valence-electron chi connectivity index (χ3n) is 5.63. The third kappa shape index (κ3) is 1.64. The first-order valence-electron chi connectivity index (χ1n) is 8.72. The van der Waals surface area contributed by atoms with E-state index >= 15 is 0 Å². The van der Waals surface area contributed by atoms with Gasteiger partial charge in [0.2, 0.25) is 11.4 Å². The highest BCUT2D eigenvalue weighted by Crippen LogP contribution is 2.58. The van der Waals surface area contributed by atoms with E-state index in [9.17, 15) is 15.0 Å². The molecule has 0 amide bonds. The van der Waals surface area contributed by atoms with Crippen LogP contribution in [0.1, 0.15) is 46.8 Å². The van der Waals surface area contributed by atoms with Gasteiger partial charge in [-0.2, -0.15) is 0 Å². The van der Waals surface area contributed by atoms with Crippen molar-refractivity contribution in [2.24, 2.45) is 0 Å². The Bertz CT molecular complexity index is 1100. The molecule has 0 radical (unpaired) electrons. The summed E-state index contributed by atoms with van der Waals surface area (Å²) in [5.41, 5.74) is -0.188. The molecule has 0 saturated heterocycles. The lowest BCUT2D eigenvalue weighted by atomic mass is 9.86. The van der Waals surface area contributed by atoms with Crippen LogP contribution in [0.2, 0.25) is 0 Å². The van der Waals surface area contributed by atoms with Crippen LogP contribution in [-0.4, -0.2) is 16.0 Å². The van der Waals surface area contributed by atoms with Gasteiger partial charge in [-0.15, -0.1) is 0 Å². The minimum atomic E-state index is -2.13. The highest BCUT2D eigenvalue weighted by molar-refractivity contribution is 6.12. The van der Waals surface area contributed by atoms with Gasteiger partial charge in [0.1, 0.15) is 5.75 Å². The van der Waals surface area contributed by atoms with Gasteiger partial charge >= 0.3 is 0 Å². The van der Waals surface area contributed by atoms with Crippen LogP contribution in [0.5, 0.6) is 5.75 Å². The Hall–Kier alpha value is -2.69. The molecular formula is C22H18O4. The molecule has 2 atom stereocenters. The van der Waals surface area contributed by atoms with Crippen LogP contribution in [0.3, 0.4) is 0 Å². The van der Waals surface area contributed by atoms with Gasteiger partial charge in [-0.1, -0.05) is 50.2 Å². The molecule has 26 heavy (non-hydrogen) atoms. The van der Waals surface area contributed by atoms with E-state index in [1.165, 1.54) is 0 Å². The molecule has 1 aliphatic heterocycles. The van der Waals surface area contributed by atoms with Gasteiger partial charge in [0.15, 0.2) is 0 Å². The van der Waals surface area contributed by atoms with Crippen LogP contribution >= 0.6 is 0 Å². The maximum absolute atomic E-state index is 13.1. The predicted molar refractivity (Wildman–Crippen MR) is 97.2 cm³/mol. The first-order chi connectivity index (χ1) is 12.4. The van der Waals surface area contributed by atoms with Crippen LogP contribution in [0, 0.1) is 0 Å². The van der Waals surface area contributed by atoms with Crippen molar-refractivity contribution in [2.75, 3.05) is 0 Å². The number of carbonyl (C=O) groups excluding carboxylic acids is 1. The zero-order valence-corrected chi connectivity index (χ0v) is 14.5. The van der Waals surface area contributed by atoms with Gasteiger partial charge in [-0.25, -0.2) is 0 Å².